The van der Waals surface area contributed by atoms with E-state index in [4.69, 9.17) is 31.3 Å². The van der Waals surface area contributed by atoms with Crippen molar-refractivity contribution >= 4 is 52.9 Å². The van der Waals surface area contributed by atoms with Crippen molar-refractivity contribution in [3.8, 4) is 24.3 Å². The number of carboxylic acids is 1. The predicted octanol–water partition coefficient (Wildman–Crippen LogP) is 4.82. The number of thioether (sulfide) groups is 2. The minimum Gasteiger partial charge on any atom is -0.475 e. The Bertz CT molecular complexity index is 2920. The zero-order chi connectivity index (χ0) is 51.5. The van der Waals surface area contributed by atoms with Crippen molar-refractivity contribution in [1.82, 2.24) is 30.4 Å². The van der Waals surface area contributed by atoms with Gasteiger partial charge in [-0.05, 0) is 35.1 Å². The third-order valence-electron chi connectivity index (χ3n) is 12.0. The number of aromatic nitrogens is 4. The summed E-state index contributed by atoms with van der Waals surface area (Å²) in [6.07, 6.45) is -0.897. The van der Waals surface area contributed by atoms with Crippen molar-refractivity contribution in [2.75, 3.05) is 62.2 Å². The van der Waals surface area contributed by atoms with E-state index >= 15 is 9.59 Å². The molecule has 3 aromatic heterocycles. The first-order valence-electron chi connectivity index (χ1n) is 22.1. The smallest absolute Gasteiger partial charge is 0.475 e. The van der Waals surface area contributed by atoms with Crippen LogP contribution in [-0.4, -0.2) is 106 Å². The molecule has 7 N–H and O–H groups in total. The fraction of sp³-hybridized carbons (Fsp3) is 0.333. The molecule has 0 radical (unpaired) electrons. The molecule has 5 aromatic rings. The highest BCUT2D eigenvalue weighted by Gasteiger charge is 2.64. The van der Waals surface area contributed by atoms with Crippen LogP contribution in [0, 0.1) is 45.3 Å². The van der Waals surface area contributed by atoms with Crippen LogP contribution in [0.4, 0.5) is 24.8 Å². The lowest BCUT2D eigenvalue weighted by molar-refractivity contribution is -0.192. The Hall–Kier alpha value is -7.67. The number of nitrogens with two attached hydrogens (primary N) is 2. The van der Waals surface area contributed by atoms with E-state index in [0.29, 0.717) is 81.7 Å². The molecule has 2 aromatic carbocycles. The van der Waals surface area contributed by atoms with Crippen LogP contribution in [0.25, 0.3) is 0 Å². The number of carbonyl (C=O) groups excluding carboxylic acids is 2. The van der Waals surface area contributed by atoms with Crippen LogP contribution in [-0.2, 0) is 43.3 Å². The normalized spacial score (nSPS) is 15.6. The van der Waals surface area contributed by atoms with Gasteiger partial charge >= 0.3 is 12.1 Å². The number of carbonyl (C=O) groups is 3. The molecule has 2 aliphatic heterocycles. The number of carboxylic acid groups (broad SMARTS) is 1. The summed E-state index contributed by atoms with van der Waals surface area (Å²) in [6.45, 7) is 8.93. The maximum atomic E-state index is 15.1. The van der Waals surface area contributed by atoms with Crippen LogP contribution in [0.15, 0.2) is 83.1 Å². The third kappa shape index (κ3) is 10.6. The van der Waals surface area contributed by atoms with E-state index in [1.54, 1.807) is 66.9 Å². The van der Waals surface area contributed by atoms with Gasteiger partial charge in [0.05, 0.1) is 28.5 Å². The van der Waals surface area contributed by atoms with Crippen molar-refractivity contribution in [3.05, 3.63) is 123 Å². The highest BCUT2D eigenvalue weighted by Crippen LogP contribution is 2.62. The number of primary amides is 2. The van der Waals surface area contributed by atoms with E-state index in [9.17, 15) is 34.2 Å². The summed E-state index contributed by atoms with van der Waals surface area (Å²) in [5, 5.41) is 60.6. The second-order valence-electron chi connectivity index (χ2n) is 16.0. The number of aliphatic carboxylic acids is 1. The topological polar surface area (TPSA) is 295 Å². The minimum atomic E-state index is -5.08. The van der Waals surface area contributed by atoms with Gasteiger partial charge in [-0.3, -0.25) is 19.6 Å². The van der Waals surface area contributed by atoms with Crippen molar-refractivity contribution in [1.29, 1.82) is 21.0 Å². The van der Waals surface area contributed by atoms with E-state index < -0.39 is 33.5 Å². The zero-order valence-electron chi connectivity index (χ0n) is 38.5. The lowest BCUT2D eigenvalue weighted by Crippen LogP contribution is -2.59. The number of amides is 2. The number of halogens is 3. The van der Waals surface area contributed by atoms with Crippen molar-refractivity contribution < 1.29 is 32.7 Å². The van der Waals surface area contributed by atoms with Crippen molar-refractivity contribution in [3.63, 3.8) is 0 Å². The van der Waals surface area contributed by atoms with Crippen LogP contribution < -0.4 is 26.6 Å². The molecule has 23 heteroatoms. The van der Waals surface area contributed by atoms with Crippen LogP contribution in [0.2, 0.25) is 0 Å². The maximum absolute atomic E-state index is 15.1. The molecular formula is C48H47F3N14O4S2. The zero-order valence-corrected chi connectivity index (χ0v) is 40.1. The number of nitriles is 4. The van der Waals surface area contributed by atoms with Gasteiger partial charge in [0, 0.05) is 70.7 Å². The quantitative estimate of drug-likeness (QED) is 0.0878. The molecule has 2 saturated heterocycles. The molecular weight excluding hydrogens is 958 g/mol. The number of anilines is 2. The molecule has 2 aliphatic rings. The van der Waals surface area contributed by atoms with E-state index in [1.165, 1.54) is 0 Å². The van der Waals surface area contributed by atoms with E-state index in [2.05, 4.69) is 44.7 Å². The summed E-state index contributed by atoms with van der Waals surface area (Å²) in [5.41, 5.74) is 16.5. The molecule has 5 heterocycles. The maximum Gasteiger partial charge on any atom is 0.490 e. The van der Waals surface area contributed by atoms with Gasteiger partial charge in [-0.2, -0.15) is 39.3 Å². The second-order valence-corrected chi connectivity index (χ2v) is 18.4. The Labute approximate surface area is 415 Å². The van der Waals surface area contributed by atoms with Gasteiger partial charge in [0.25, 0.3) is 0 Å². The van der Waals surface area contributed by atoms with Gasteiger partial charge in [0.1, 0.15) is 46.0 Å². The van der Waals surface area contributed by atoms with Crippen molar-refractivity contribution in [2.45, 2.75) is 59.0 Å². The number of hydrogen-bond donors (Lipinski definition) is 5. The van der Waals surface area contributed by atoms with Crippen LogP contribution in [0.3, 0.4) is 0 Å². The molecule has 2 amide bonds. The molecule has 0 aliphatic carbocycles. The summed E-state index contributed by atoms with van der Waals surface area (Å²) < 4.78 is 27.3. The van der Waals surface area contributed by atoms with Gasteiger partial charge in [-0.15, -0.1) is 0 Å². The van der Waals surface area contributed by atoms with Gasteiger partial charge in [0.2, 0.25) is 11.8 Å². The number of alkyl halides is 3. The second kappa shape index (κ2) is 22.8. The standard InChI is InChI=1S/C46H46N14O2S2.C2HF3O2/c1-3-33-35(23-47)39(59-17-15-53-16-18-59)56-41(37(33)25-49)63-45(43(51)61,31-11-7-5-8-12-31)46(44(52)62,32-13-9-6-10-14-32)64-42-38(26-50)34(4-2)36(24-48)40(57-42)60-21-19-58(20-22-60)29-30-27-54-55-28-30;3-2(4,5)1(6)7/h5-14,27-28,53H,3-4,15-22,29H2,1-2H3,(H2,51,61)(H2,52,62)(H,54,55);(H,6,7). The summed E-state index contributed by atoms with van der Waals surface area (Å²) in [4.78, 5) is 55.5. The average molecular weight is 1010 g/mol. The molecule has 0 saturated carbocycles. The number of nitrogens with zero attached hydrogens (tertiary/aromatic N) is 10. The van der Waals surface area contributed by atoms with E-state index in [1.807, 2.05) is 29.8 Å². The molecule has 0 bridgehead atoms. The molecule has 2 unspecified atom stereocenters. The highest BCUT2D eigenvalue weighted by atomic mass is 32.2. The molecule has 7 rings (SSSR count). The molecule has 18 nitrogen and oxygen atoms in total. The van der Waals surface area contributed by atoms with Gasteiger partial charge < -0.3 is 31.7 Å². The fourth-order valence-electron chi connectivity index (χ4n) is 8.62. The number of benzene rings is 2. The lowest BCUT2D eigenvalue weighted by Gasteiger charge is -2.46. The number of piperazine rings is 2. The Morgan fingerprint density at radius 2 is 1.10 bits per heavy atom. The van der Waals surface area contributed by atoms with Crippen LogP contribution in [0.5, 0.6) is 0 Å². The summed E-state index contributed by atoms with van der Waals surface area (Å²) >= 11 is 1.65. The van der Waals surface area contributed by atoms with E-state index in [-0.39, 0.29) is 56.3 Å². The Kier molecular flexibility index (Phi) is 16.9. The molecule has 2 atom stereocenters. The predicted molar refractivity (Wildman–Crippen MR) is 257 cm³/mol. The van der Waals surface area contributed by atoms with Gasteiger partial charge in [-0.25, -0.2) is 14.8 Å². The Balaban J connectivity index is 0.00000110. The number of H-pyrrole nitrogens is 1. The highest BCUT2D eigenvalue weighted by molar-refractivity contribution is 8.05. The van der Waals surface area contributed by atoms with Crippen molar-refractivity contribution in [2.24, 2.45) is 11.5 Å². The number of hydrogen-bond acceptors (Lipinski definition) is 16. The third-order valence-corrected chi connectivity index (χ3v) is 15.2. The summed E-state index contributed by atoms with van der Waals surface area (Å²) in [6, 6.07) is 26.1. The average Bonchev–Trinajstić information content (AvgIpc) is 3.90. The Morgan fingerprint density at radius 3 is 1.44 bits per heavy atom. The minimum absolute atomic E-state index is 0.0489. The largest absolute Gasteiger partial charge is 0.490 e. The number of rotatable bonds is 15. The summed E-state index contributed by atoms with van der Waals surface area (Å²) in [5.74, 6) is -4.07. The number of pyridine rings is 2. The van der Waals surface area contributed by atoms with Gasteiger partial charge in [0.15, 0.2) is 9.49 Å². The molecule has 71 heavy (non-hydrogen) atoms. The first kappa shape index (κ1) is 52.7. The van der Waals surface area contributed by atoms with E-state index in [0.717, 1.165) is 29.1 Å². The summed E-state index contributed by atoms with van der Waals surface area (Å²) in [7, 11) is 0. The van der Waals surface area contributed by atoms with Gasteiger partial charge in [-0.1, -0.05) is 98.0 Å². The van der Waals surface area contributed by atoms with Crippen LogP contribution >= 0.6 is 23.5 Å². The molecule has 0 spiro atoms. The first-order valence-corrected chi connectivity index (χ1v) is 23.7. The molecule has 366 valence electrons. The Morgan fingerprint density at radius 1 is 0.690 bits per heavy atom. The number of nitrogens with one attached hydrogen (secondary N) is 2. The number of aromatic amines is 1. The fourth-order valence-corrected chi connectivity index (χ4v) is 11.7. The lowest BCUT2D eigenvalue weighted by atomic mass is 9.78. The monoisotopic (exact) mass is 1000 g/mol. The van der Waals surface area contributed by atoms with Crippen LogP contribution in [0.1, 0.15) is 63.9 Å². The SMILES string of the molecule is CCc1c(C#N)c(SC(C(N)=O)(c2ccccc2)C(Sc2nc(N3CCN(Cc4cn[nH]c4)CC3)c(C#N)c(CC)c2C#N)(C(N)=O)c2ccccc2)nc(N2CCNCC2)c1C#N.O=C(O)C(F)(F)F. The first-order chi connectivity index (χ1) is 34.1. The molecule has 2 fully saturated rings.